The van der Waals surface area contributed by atoms with Gasteiger partial charge in [0.2, 0.25) is 0 Å². The van der Waals surface area contributed by atoms with Gasteiger partial charge < -0.3 is 4.74 Å². The maximum Gasteiger partial charge on any atom is 0.348 e. The van der Waals surface area contributed by atoms with Gasteiger partial charge in [-0.15, -0.1) is 0 Å². The van der Waals surface area contributed by atoms with E-state index in [1.807, 2.05) is 15.9 Å². The largest absolute Gasteiger partial charge is 0.373 e. The zero-order valence-electron chi connectivity index (χ0n) is 5.29. The van der Waals surface area contributed by atoms with Gasteiger partial charge in [-0.05, 0) is 15.9 Å². The van der Waals surface area contributed by atoms with Crippen LogP contribution in [0.2, 0.25) is 0 Å². The molecular formula is C5H5BrClF3O. The lowest BCUT2D eigenvalue weighted by molar-refractivity contribution is -0.0130. The zero-order chi connectivity index (χ0) is 8.70. The van der Waals surface area contributed by atoms with Gasteiger partial charge in [0.15, 0.2) is 0 Å². The van der Waals surface area contributed by atoms with E-state index in [0.29, 0.717) is 6.61 Å². The van der Waals surface area contributed by atoms with Crippen LogP contribution in [-0.4, -0.2) is 22.7 Å². The Morgan fingerprint density at radius 1 is 1.55 bits per heavy atom. The molecule has 0 spiro atoms. The fourth-order valence-corrected chi connectivity index (χ4v) is 0.922. The van der Waals surface area contributed by atoms with Gasteiger partial charge in [0.05, 0.1) is 12.7 Å². The Bertz CT molecular complexity index is 154. The Balaban J connectivity index is 2.49. The molecule has 1 aliphatic rings. The molecule has 1 fully saturated rings. The van der Waals surface area contributed by atoms with Gasteiger partial charge in [-0.25, -0.2) is 4.39 Å². The molecule has 0 N–H and O–H groups in total. The van der Waals surface area contributed by atoms with E-state index in [-0.39, 0.29) is 0 Å². The minimum Gasteiger partial charge on any atom is -0.373 e. The van der Waals surface area contributed by atoms with E-state index in [9.17, 15) is 13.2 Å². The Labute approximate surface area is 75.0 Å². The Morgan fingerprint density at radius 3 is 2.27 bits per heavy atom. The van der Waals surface area contributed by atoms with Gasteiger partial charge in [-0.1, -0.05) is 11.6 Å². The lowest BCUT2D eigenvalue weighted by Gasteiger charge is -2.21. The highest BCUT2D eigenvalue weighted by atomic mass is 79.9. The summed E-state index contributed by atoms with van der Waals surface area (Å²) in [4.78, 5) is -3.70. The number of ether oxygens (including phenoxy) is 1. The smallest absolute Gasteiger partial charge is 0.348 e. The van der Waals surface area contributed by atoms with Crippen molar-refractivity contribution in [2.75, 3.05) is 6.61 Å². The van der Waals surface area contributed by atoms with Crippen molar-refractivity contribution in [2.24, 2.45) is 0 Å². The molecule has 6 heteroatoms. The minimum absolute atomic E-state index is 0.307. The first-order chi connectivity index (χ1) is 4.83. The van der Waals surface area contributed by atoms with Crippen LogP contribution in [-0.2, 0) is 4.74 Å². The van der Waals surface area contributed by atoms with Crippen LogP contribution >= 0.6 is 27.5 Å². The van der Waals surface area contributed by atoms with Gasteiger partial charge in [0.1, 0.15) is 0 Å². The quantitative estimate of drug-likeness (QED) is 0.556. The van der Waals surface area contributed by atoms with Crippen molar-refractivity contribution in [1.82, 2.24) is 0 Å². The van der Waals surface area contributed by atoms with Gasteiger partial charge in [-0.3, -0.25) is 0 Å². The second kappa shape index (κ2) is 2.78. The van der Waals surface area contributed by atoms with Gasteiger partial charge in [0.25, 0.3) is 5.13 Å². The molecule has 0 bridgehead atoms. The highest BCUT2D eigenvalue weighted by Crippen LogP contribution is 2.45. The monoisotopic (exact) mass is 252 g/mol. The predicted molar refractivity (Wildman–Crippen MR) is 37.9 cm³/mol. The van der Waals surface area contributed by atoms with Crippen LogP contribution in [0.5, 0.6) is 0 Å². The van der Waals surface area contributed by atoms with Crippen molar-refractivity contribution in [3.05, 3.63) is 0 Å². The molecule has 0 aromatic heterocycles. The highest BCUT2D eigenvalue weighted by molar-refractivity contribution is 9.10. The van der Waals surface area contributed by atoms with Crippen molar-refractivity contribution in [1.29, 1.82) is 0 Å². The molecule has 0 saturated carbocycles. The van der Waals surface area contributed by atoms with E-state index < -0.39 is 22.5 Å². The fourth-order valence-electron chi connectivity index (χ4n) is 0.588. The van der Waals surface area contributed by atoms with Crippen LogP contribution in [0, 0.1) is 0 Å². The normalized spacial score (nSPS) is 29.7. The average Bonchev–Trinajstić information content (AvgIpc) is 2.45. The summed E-state index contributed by atoms with van der Waals surface area (Å²) < 4.78 is 41.8. The van der Waals surface area contributed by atoms with E-state index in [0.717, 1.165) is 0 Å². The summed E-state index contributed by atoms with van der Waals surface area (Å²) in [5.74, 6) is 0. The van der Waals surface area contributed by atoms with Gasteiger partial charge in [-0.2, -0.15) is 8.78 Å². The number of halogens is 5. The number of alkyl halides is 5. The molecular weight excluding hydrogens is 248 g/mol. The van der Waals surface area contributed by atoms with Crippen LogP contribution in [0.25, 0.3) is 0 Å². The number of hydrogen-bond donors (Lipinski definition) is 0. The van der Waals surface area contributed by atoms with Crippen molar-refractivity contribution >= 4 is 27.5 Å². The van der Waals surface area contributed by atoms with Crippen molar-refractivity contribution < 1.29 is 17.9 Å². The van der Waals surface area contributed by atoms with Gasteiger partial charge >= 0.3 is 4.83 Å². The summed E-state index contributed by atoms with van der Waals surface area (Å²) in [5.41, 5.74) is 0. The first-order valence-corrected chi connectivity index (χ1v) is 4.06. The summed E-state index contributed by atoms with van der Waals surface area (Å²) in [6, 6.07) is 0. The first kappa shape index (κ1) is 9.61. The zero-order valence-corrected chi connectivity index (χ0v) is 7.63. The first-order valence-electron chi connectivity index (χ1n) is 2.89. The molecule has 0 amide bonds. The van der Waals surface area contributed by atoms with E-state index in [4.69, 9.17) is 11.6 Å². The molecule has 1 rings (SSSR count). The number of hydrogen-bond acceptors (Lipinski definition) is 1. The molecule has 0 radical (unpaired) electrons. The van der Waals surface area contributed by atoms with E-state index >= 15 is 0 Å². The van der Waals surface area contributed by atoms with Gasteiger partial charge in [0, 0.05) is 6.42 Å². The Hall–Kier alpha value is 0.520. The average molecular weight is 253 g/mol. The van der Waals surface area contributed by atoms with Crippen molar-refractivity contribution in [3.8, 4) is 0 Å². The molecule has 0 unspecified atom stereocenters. The molecule has 1 heterocycles. The Morgan fingerprint density at radius 2 is 2.00 bits per heavy atom. The third-order valence-corrected chi connectivity index (χ3v) is 2.55. The third-order valence-electron chi connectivity index (χ3n) is 1.30. The lowest BCUT2D eigenvalue weighted by Crippen LogP contribution is -2.35. The summed E-state index contributed by atoms with van der Waals surface area (Å²) in [6.45, 7) is 0.307. The van der Waals surface area contributed by atoms with Crippen LogP contribution in [0.4, 0.5) is 13.2 Å². The molecule has 11 heavy (non-hydrogen) atoms. The van der Waals surface area contributed by atoms with Crippen molar-refractivity contribution in [3.63, 3.8) is 0 Å². The van der Waals surface area contributed by atoms with E-state index in [1.165, 1.54) is 0 Å². The summed E-state index contributed by atoms with van der Waals surface area (Å²) in [6.07, 6.45) is -0.951. The van der Waals surface area contributed by atoms with Crippen LogP contribution in [0.15, 0.2) is 0 Å². The molecule has 0 aromatic rings. The summed E-state index contributed by atoms with van der Waals surface area (Å²) >= 11 is 6.76. The van der Waals surface area contributed by atoms with Crippen LogP contribution in [0.1, 0.15) is 6.42 Å². The second-order valence-electron chi connectivity index (χ2n) is 2.36. The molecule has 66 valence electrons. The topological polar surface area (TPSA) is 12.5 Å². The van der Waals surface area contributed by atoms with E-state index in [1.54, 1.807) is 0 Å². The molecule has 2 atom stereocenters. The summed E-state index contributed by atoms with van der Waals surface area (Å²) in [5, 5.41) is -3.05. The van der Waals surface area contributed by atoms with Crippen LogP contribution in [0.3, 0.4) is 0 Å². The maximum atomic E-state index is 12.8. The molecule has 0 aromatic carbocycles. The molecule has 1 saturated heterocycles. The fraction of sp³-hybridized carbons (Fsp3) is 1.00. The maximum absolute atomic E-state index is 12.8. The SMILES string of the molecule is FC(F)(Br)[C@](F)(Cl)C[C@@H]1CO1. The number of epoxide rings is 1. The highest BCUT2D eigenvalue weighted by Gasteiger charge is 2.54. The number of rotatable bonds is 3. The minimum atomic E-state index is -3.70. The second-order valence-corrected chi connectivity index (χ2v) is 3.96. The molecule has 1 aliphatic heterocycles. The third kappa shape index (κ3) is 2.49. The Kier molecular flexibility index (Phi) is 2.43. The molecule has 1 nitrogen and oxygen atoms in total. The standard InChI is InChI=1S/C5H5BrClF3O/c6-5(9,10)4(7,8)1-3-2-11-3/h3H,1-2H2/t3-,4+/m1/s1. The summed E-state index contributed by atoms with van der Waals surface area (Å²) in [7, 11) is 0. The lowest BCUT2D eigenvalue weighted by atomic mass is 10.2. The molecule has 0 aliphatic carbocycles. The van der Waals surface area contributed by atoms with Crippen molar-refractivity contribution in [2.45, 2.75) is 22.5 Å². The predicted octanol–water partition coefficient (Wildman–Crippen LogP) is 2.67. The van der Waals surface area contributed by atoms with Crippen LogP contribution < -0.4 is 0 Å². The van der Waals surface area contributed by atoms with E-state index in [2.05, 4.69) is 4.74 Å².